The van der Waals surface area contributed by atoms with Crippen LogP contribution in [0.25, 0.3) is 33.7 Å². The molecular formula is C30H26N2O2. The fourth-order valence-electron chi connectivity index (χ4n) is 4.47. The topological polar surface area (TPSA) is 40.6 Å². The first kappa shape index (κ1) is 21.7. The van der Waals surface area contributed by atoms with E-state index in [1.165, 1.54) is 0 Å². The van der Waals surface area contributed by atoms with Gasteiger partial charge in [-0.05, 0) is 44.8 Å². The molecule has 0 aliphatic carbocycles. The minimum atomic E-state index is -0.0219. The van der Waals surface area contributed by atoms with Gasteiger partial charge in [0.2, 0.25) is 11.8 Å². The number of fused-ring (bicyclic) bond motifs is 2. The fourth-order valence-corrected chi connectivity index (χ4v) is 4.47. The van der Waals surface area contributed by atoms with Crippen molar-refractivity contribution in [3.05, 3.63) is 108 Å². The first-order valence-corrected chi connectivity index (χ1v) is 11.6. The van der Waals surface area contributed by atoms with Gasteiger partial charge in [0.05, 0.1) is 0 Å². The van der Waals surface area contributed by atoms with Gasteiger partial charge in [0.25, 0.3) is 0 Å². The predicted molar refractivity (Wildman–Crippen MR) is 139 cm³/mol. The lowest BCUT2D eigenvalue weighted by atomic mass is 10.0. The number of carbonyl (C=O) groups is 2. The third kappa shape index (κ3) is 4.62. The van der Waals surface area contributed by atoms with Gasteiger partial charge in [-0.1, -0.05) is 84.9 Å². The van der Waals surface area contributed by atoms with Crippen LogP contribution in [0.15, 0.2) is 97.1 Å². The van der Waals surface area contributed by atoms with E-state index in [2.05, 4.69) is 36.4 Å². The Hall–Kier alpha value is -4.18. The average Bonchev–Trinajstić information content (AvgIpc) is 2.90. The van der Waals surface area contributed by atoms with Crippen LogP contribution in [0, 0.1) is 0 Å². The molecule has 5 rings (SSSR count). The van der Waals surface area contributed by atoms with Gasteiger partial charge in [0, 0.05) is 38.3 Å². The lowest BCUT2D eigenvalue weighted by Crippen LogP contribution is -2.49. The molecule has 0 bridgehead atoms. The molecule has 1 saturated heterocycles. The van der Waals surface area contributed by atoms with Gasteiger partial charge < -0.3 is 9.80 Å². The van der Waals surface area contributed by atoms with E-state index in [9.17, 15) is 9.59 Å². The van der Waals surface area contributed by atoms with E-state index in [1.807, 2.05) is 60.7 Å². The molecule has 1 aliphatic heterocycles. The summed E-state index contributed by atoms with van der Waals surface area (Å²) in [4.78, 5) is 29.1. The number of hydrogen-bond acceptors (Lipinski definition) is 2. The van der Waals surface area contributed by atoms with Crippen molar-refractivity contribution in [3.8, 4) is 0 Å². The molecule has 1 aliphatic rings. The van der Waals surface area contributed by atoms with Crippen LogP contribution in [-0.4, -0.2) is 47.8 Å². The zero-order valence-electron chi connectivity index (χ0n) is 18.9. The SMILES string of the molecule is O=C(/C=C/c1cccc2ccccc12)N1CCN(C(=O)/C=C/c2cccc3ccccc23)CC1. The number of rotatable bonds is 4. The average molecular weight is 447 g/mol. The molecule has 2 amide bonds. The van der Waals surface area contributed by atoms with Gasteiger partial charge in [-0.2, -0.15) is 0 Å². The predicted octanol–water partition coefficient (Wildman–Crippen LogP) is 5.39. The second-order valence-corrected chi connectivity index (χ2v) is 8.45. The van der Waals surface area contributed by atoms with E-state index in [-0.39, 0.29) is 11.8 Å². The summed E-state index contributed by atoms with van der Waals surface area (Å²) in [6.45, 7) is 2.14. The van der Waals surface area contributed by atoms with Crippen molar-refractivity contribution in [3.63, 3.8) is 0 Å². The van der Waals surface area contributed by atoms with Crippen molar-refractivity contribution in [1.82, 2.24) is 9.80 Å². The van der Waals surface area contributed by atoms with Crippen LogP contribution in [0.5, 0.6) is 0 Å². The Bertz CT molecular complexity index is 1290. The van der Waals surface area contributed by atoms with E-state index >= 15 is 0 Å². The normalized spacial score (nSPS) is 14.5. The molecule has 0 atom stereocenters. The third-order valence-electron chi connectivity index (χ3n) is 6.36. The summed E-state index contributed by atoms with van der Waals surface area (Å²) in [5.41, 5.74) is 2.05. The summed E-state index contributed by atoms with van der Waals surface area (Å²) in [6, 6.07) is 28.5. The molecule has 0 radical (unpaired) electrons. The number of hydrogen-bond donors (Lipinski definition) is 0. The molecule has 4 nitrogen and oxygen atoms in total. The molecule has 0 unspecified atom stereocenters. The molecule has 4 aromatic carbocycles. The Morgan fingerprint density at radius 3 is 1.35 bits per heavy atom. The second kappa shape index (κ2) is 9.75. The van der Waals surface area contributed by atoms with Crippen LogP contribution in [0.3, 0.4) is 0 Å². The molecule has 168 valence electrons. The number of carbonyl (C=O) groups excluding carboxylic acids is 2. The van der Waals surface area contributed by atoms with Gasteiger partial charge in [0.1, 0.15) is 0 Å². The first-order chi connectivity index (χ1) is 16.7. The monoisotopic (exact) mass is 446 g/mol. The zero-order chi connectivity index (χ0) is 23.3. The molecule has 34 heavy (non-hydrogen) atoms. The summed E-state index contributed by atoms with van der Waals surface area (Å²) >= 11 is 0. The van der Waals surface area contributed by atoms with E-state index < -0.39 is 0 Å². The van der Waals surface area contributed by atoms with Gasteiger partial charge >= 0.3 is 0 Å². The van der Waals surface area contributed by atoms with Crippen LogP contribution in [0.2, 0.25) is 0 Å². The smallest absolute Gasteiger partial charge is 0.246 e. The van der Waals surface area contributed by atoms with Gasteiger partial charge in [-0.15, -0.1) is 0 Å². The Labute approximate surface area is 199 Å². The quantitative estimate of drug-likeness (QED) is 0.394. The maximum atomic E-state index is 12.7. The van der Waals surface area contributed by atoms with Crippen LogP contribution in [-0.2, 0) is 9.59 Å². The molecule has 0 spiro atoms. The lowest BCUT2D eigenvalue weighted by molar-refractivity contribution is -0.133. The zero-order valence-corrected chi connectivity index (χ0v) is 18.9. The minimum Gasteiger partial charge on any atom is -0.336 e. The van der Waals surface area contributed by atoms with E-state index in [0.29, 0.717) is 26.2 Å². The maximum absolute atomic E-state index is 12.7. The van der Waals surface area contributed by atoms with Gasteiger partial charge in [-0.25, -0.2) is 0 Å². The maximum Gasteiger partial charge on any atom is 0.246 e. The summed E-state index contributed by atoms with van der Waals surface area (Å²) in [6.07, 6.45) is 7.05. The Morgan fingerprint density at radius 2 is 0.912 bits per heavy atom. The highest BCUT2D eigenvalue weighted by atomic mass is 16.2. The molecular weight excluding hydrogens is 420 g/mol. The Morgan fingerprint density at radius 1 is 0.529 bits per heavy atom. The second-order valence-electron chi connectivity index (χ2n) is 8.45. The van der Waals surface area contributed by atoms with Crippen molar-refractivity contribution < 1.29 is 9.59 Å². The third-order valence-corrected chi connectivity index (χ3v) is 6.36. The van der Waals surface area contributed by atoms with E-state index in [4.69, 9.17) is 0 Å². The van der Waals surface area contributed by atoms with Crippen LogP contribution in [0.4, 0.5) is 0 Å². The lowest BCUT2D eigenvalue weighted by Gasteiger charge is -2.33. The minimum absolute atomic E-state index is 0.0219. The largest absolute Gasteiger partial charge is 0.336 e. The van der Waals surface area contributed by atoms with Crippen LogP contribution in [0.1, 0.15) is 11.1 Å². The molecule has 4 heteroatoms. The van der Waals surface area contributed by atoms with Gasteiger partial charge in [0.15, 0.2) is 0 Å². The van der Waals surface area contributed by atoms with Crippen molar-refractivity contribution in [2.75, 3.05) is 26.2 Å². The highest BCUT2D eigenvalue weighted by Gasteiger charge is 2.21. The van der Waals surface area contributed by atoms with Crippen molar-refractivity contribution in [2.45, 2.75) is 0 Å². The number of amides is 2. The van der Waals surface area contributed by atoms with Crippen molar-refractivity contribution in [2.24, 2.45) is 0 Å². The molecule has 1 heterocycles. The standard InChI is InChI=1S/C30H26N2O2/c33-29(17-15-25-11-5-9-23-7-1-3-13-27(23)25)31-19-21-32(22-20-31)30(34)18-16-26-12-6-10-24-8-2-4-14-28(24)26/h1-18H,19-22H2/b17-15+,18-16+. The first-order valence-electron chi connectivity index (χ1n) is 11.6. The highest BCUT2D eigenvalue weighted by molar-refractivity contribution is 5.98. The number of nitrogens with zero attached hydrogens (tertiary/aromatic N) is 2. The summed E-state index contributed by atoms with van der Waals surface area (Å²) < 4.78 is 0. The number of benzene rings is 4. The Balaban J connectivity index is 1.19. The molecule has 0 aromatic heterocycles. The number of piperazine rings is 1. The van der Waals surface area contributed by atoms with Crippen molar-refractivity contribution >= 4 is 45.5 Å². The fraction of sp³-hybridized carbons (Fsp3) is 0.133. The molecule has 0 N–H and O–H groups in total. The van der Waals surface area contributed by atoms with E-state index in [0.717, 1.165) is 32.7 Å². The highest BCUT2D eigenvalue weighted by Crippen LogP contribution is 2.21. The molecule has 0 saturated carbocycles. The van der Waals surface area contributed by atoms with Crippen molar-refractivity contribution in [1.29, 1.82) is 0 Å². The Kier molecular flexibility index (Phi) is 6.21. The summed E-state index contributed by atoms with van der Waals surface area (Å²) in [5.74, 6) is -0.0438. The van der Waals surface area contributed by atoms with Crippen LogP contribution >= 0.6 is 0 Å². The molecule has 1 fully saturated rings. The molecule has 4 aromatic rings. The summed E-state index contributed by atoms with van der Waals surface area (Å²) in [7, 11) is 0. The van der Waals surface area contributed by atoms with Crippen LogP contribution < -0.4 is 0 Å². The van der Waals surface area contributed by atoms with Gasteiger partial charge in [-0.3, -0.25) is 9.59 Å². The van der Waals surface area contributed by atoms with E-state index in [1.54, 1.807) is 22.0 Å². The summed E-state index contributed by atoms with van der Waals surface area (Å²) in [5, 5.41) is 4.56.